The third kappa shape index (κ3) is 1.77. The van der Waals surface area contributed by atoms with Gasteiger partial charge in [-0.25, -0.2) is 0 Å². The predicted octanol–water partition coefficient (Wildman–Crippen LogP) is 1.55. The van der Waals surface area contributed by atoms with Gasteiger partial charge >= 0.3 is 5.97 Å². The molecule has 0 spiro atoms. The third-order valence-corrected chi connectivity index (χ3v) is 5.24. The van der Waals surface area contributed by atoms with Gasteiger partial charge in [0.05, 0.1) is 0 Å². The van der Waals surface area contributed by atoms with Gasteiger partial charge in [0, 0.05) is 12.6 Å². The molecule has 3 rings (SSSR count). The molecule has 4 heteroatoms. The van der Waals surface area contributed by atoms with Gasteiger partial charge in [0.1, 0.15) is 5.54 Å². The molecule has 0 aromatic heterocycles. The van der Waals surface area contributed by atoms with E-state index in [1.165, 1.54) is 32.1 Å². The molecule has 0 saturated carbocycles. The second kappa shape index (κ2) is 4.82. The first kappa shape index (κ1) is 12.4. The minimum atomic E-state index is -0.571. The summed E-state index contributed by atoms with van der Waals surface area (Å²) < 4.78 is 0. The molecule has 3 aliphatic heterocycles. The van der Waals surface area contributed by atoms with Crippen LogP contribution in [0, 0.1) is 0 Å². The van der Waals surface area contributed by atoms with Gasteiger partial charge in [0.15, 0.2) is 0 Å². The van der Waals surface area contributed by atoms with Crippen molar-refractivity contribution < 1.29 is 9.90 Å². The monoisotopic (exact) mass is 252 g/mol. The van der Waals surface area contributed by atoms with Crippen LogP contribution >= 0.6 is 0 Å². The van der Waals surface area contributed by atoms with E-state index in [0.717, 1.165) is 39.0 Å². The molecule has 2 atom stereocenters. The smallest absolute Gasteiger partial charge is 0.325 e. The van der Waals surface area contributed by atoms with Crippen LogP contribution in [0.15, 0.2) is 0 Å². The molecule has 0 aliphatic carbocycles. The van der Waals surface area contributed by atoms with Crippen LogP contribution in [0.3, 0.4) is 0 Å². The number of nitrogens with zero attached hydrogens (tertiary/aromatic N) is 2. The molecule has 3 heterocycles. The van der Waals surface area contributed by atoms with Gasteiger partial charge < -0.3 is 5.11 Å². The summed E-state index contributed by atoms with van der Waals surface area (Å²) in [5.74, 6) is -0.571. The van der Waals surface area contributed by atoms with Gasteiger partial charge in [-0.15, -0.1) is 0 Å². The highest BCUT2D eigenvalue weighted by molar-refractivity contribution is 5.80. The Kier molecular flexibility index (Phi) is 3.32. The number of hydrogen-bond acceptors (Lipinski definition) is 3. The van der Waals surface area contributed by atoms with Crippen molar-refractivity contribution in [1.82, 2.24) is 9.80 Å². The molecule has 1 N–H and O–H groups in total. The maximum atomic E-state index is 12.0. The van der Waals surface area contributed by atoms with E-state index in [0.29, 0.717) is 0 Å². The highest BCUT2D eigenvalue weighted by Crippen LogP contribution is 2.41. The Balaban J connectivity index is 1.88. The first-order valence-electron chi connectivity index (χ1n) is 7.47. The minimum absolute atomic E-state index is 0.271. The Bertz CT molecular complexity index is 326. The Labute approximate surface area is 109 Å². The van der Waals surface area contributed by atoms with E-state index in [9.17, 15) is 9.90 Å². The van der Waals surface area contributed by atoms with Gasteiger partial charge in [-0.1, -0.05) is 12.8 Å². The van der Waals surface area contributed by atoms with Crippen LogP contribution < -0.4 is 0 Å². The molecular formula is C14H24N2O2. The average Bonchev–Trinajstić information content (AvgIpc) is 2.83. The maximum absolute atomic E-state index is 12.0. The molecule has 18 heavy (non-hydrogen) atoms. The highest BCUT2D eigenvalue weighted by Gasteiger charge is 2.57. The summed E-state index contributed by atoms with van der Waals surface area (Å²) in [6.45, 7) is 4.05. The first-order chi connectivity index (χ1) is 8.75. The average molecular weight is 252 g/mol. The lowest BCUT2D eigenvalue weighted by Gasteiger charge is -2.41. The maximum Gasteiger partial charge on any atom is 0.325 e. The van der Waals surface area contributed by atoms with Crippen LogP contribution in [0.25, 0.3) is 0 Å². The van der Waals surface area contributed by atoms with Crippen LogP contribution in [0.4, 0.5) is 0 Å². The molecule has 4 nitrogen and oxygen atoms in total. The number of fused-ring (bicyclic) bond motifs is 1. The van der Waals surface area contributed by atoms with Crippen molar-refractivity contribution in [2.45, 2.75) is 56.5 Å². The summed E-state index contributed by atoms with van der Waals surface area (Å²) >= 11 is 0. The first-order valence-corrected chi connectivity index (χ1v) is 7.47. The van der Waals surface area contributed by atoms with Crippen LogP contribution in [0.1, 0.15) is 44.9 Å². The molecule has 3 aliphatic rings. The van der Waals surface area contributed by atoms with E-state index < -0.39 is 11.5 Å². The zero-order valence-corrected chi connectivity index (χ0v) is 11.1. The van der Waals surface area contributed by atoms with Gasteiger partial charge in [-0.2, -0.15) is 0 Å². The van der Waals surface area contributed by atoms with Crippen molar-refractivity contribution in [2.24, 2.45) is 0 Å². The number of carboxylic acid groups (broad SMARTS) is 1. The normalized spacial score (nSPS) is 38.6. The van der Waals surface area contributed by atoms with Crippen molar-refractivity contribution in [3.8, 4) is 0 Å². The molecule has 3 fully saturated rings. The van der Waals surface area contributed by atoms with Crippen molar-refractivity contribution >= 4 is 5.97 Å². The SMILES string of the molecule is O=C(O)C1(N2CCCCCC2)CCN2CCCC21. The minimum Gasteiger partial charge on any atom is -0.480 e. The largest absolute Gasteiger partial charge is 0.480 e. The van der Waals surface area contributed by atoms with Crippen molar-refractivity contribution in [3.63, 3.8) is 0 Å². The van der Waals surface area contributed by atoms with E-state index in [1.54, 1.807) is 0 Å². The fourth-order valence-electron chi connectivity index (χ4n) is 4.34. The summed E-state index contributed by atoms with van der Waals surface area (Å²) in [6.07, 6.45) is 7.94. The molecule has 0 bridgehead atoms. The number of carbonyl (C=O) groups is 1. The summed E-state index contributed by atoms with van der Waals surface area (Å²) in [5.41, 5.74) is -0.569. The van der Waals surface area contributed by atoms with Crippen molar-refractivity contribution in [3.05, 3.63) is 0 Å². The van der Waals surface area contributed by atoms with Crippen LogP contribution in [-0.2, 0) is 4.79 Å². The van der Waals surface area contributed by atoms with Crippen LogP contribution in [0.2, 0.25) is 0 Å². The summed E-state index contributed by atoms with van der Waals surface area (Å²) in [6, 6.07) is 0.271. The van der Waals surface area contributed by atoms with Gasteiger partial charge in [0.25, 0.3) is 0 Å². The lowest BCUT2D eigenvalue weighted by molar-refractivity contribution is -0.153. The second-order valence-electron chi connectivity index (χ2n) is 6.07. The van der Waals surface area contributed by atoms with E-state index in [1.807, 2.05) is 0 Å². The molecule has 0 aromatic rings. The number of hydrogen-bond donors (Lipinski definition) is 1. The molecule has 2 unspecified atom stereocenters. The van der Waals surface area contributed by atoms with E-state index in [-0.39, 0.29) is 6.04 Å². The van der Waals surface area contributed by atoms with E-state index >= 15 is 0 Å². The summed E-state index contributed by atoms with van der Waals surface area (Å²) in [4.78, 5) is 16.7. The molecular weight excluding hydrogens is 228 g/mol. The van der Waals surface area contributed by atoms with Crippen LogP contribution in [0.5, 0.6) is 0 Å². The Hall–Kier alpha value is -0.610. The molecule has 3 saturated heterocycles. The molecule has 0 radical (unpaired) electrons. The van der Waals surface area contributed by atoms with Gasteiger partial charge in [-0.3, -0.25) is 14.6 Å². The predicted molar refractivity (Wildman–Crippen MR) is 69.6 cm³/mol. The molecule has 0 amide bonds. The number of carboxylic acids is 1. The Morgan fingerprint density at radius 1 is 1.00 bits per heavy atom. The Morgan fingerprint density at radius 3 is 2.39 bits per heavy atom. The quantitative estimate of drug-likeness (QED) is 0.810. The summed E-state index contributed by atoms with van der Waals surface area (Å²) in [7, 11) is 0. The Morgan fingerprint density at radius 2 is 1.72 bits per heavy atom. The van der Waals surface area contributed by atoms with Gasteiger partial charge in [-0.05, 0) is 51.7 Å². The summed E-state index contributed by atoms with van der Waals surface area (Å²) in [5, 5.41) is 9.89. The van der Waals surface area contributed by atoms with Crippen molar-refractivity contribution in [1.29, 1.82) is 0 Å². The van der Waals surface area contributed by atoms with E-state index in [4.69, 9.17) is 0 Å². The van der Waals surface area contributed by atoms with Gasteiger partial charge in [0.2, 0.25) is 0 Å². The standard InChI is InChI=1S/C14H24N2O2/c17-13(18)14(16-9-3-1-2-4-10-16)7-11-15-8-5-6-12(14)15/h12H,1-11H2,(H,17,18). The lowest BCUT2D eigenvalue weighted by atomic mass is 9.86. The van der Waals surface area contributed by atoms with Crippen LogP contribution in [-0.4, -0.2) is 58.6 Å². The van der Waals surface area contributed by atoms with Crippen molar-refractivity contribution in [2.75, 3.05) is 26.2 Å². The third-order valence-electron chi connectivity index (χ3n) is 5.24. The zero-order chi connectivity index (χ0) is 12.6. The van der Waals surface area contributed by atoms with E-state index in [2.05, 4.69) is 9.80 Å². The second-order valence-corrected chi connectivity index (χ2v) is 6.07. The topological polar surface area (TPSA) is 43.8 Å². The number of likely N-dealkylation sites (tertiary alicyclic amines) is 1. The molecule has 102 valence electrons. The molecule has 0 aromatic carbocycles. The lowest BCUT2D eigenvalue weighted by Crippen LogP contribution is -2.60. The fourth-order valence-corrected chi connectivity index (χ4v) is 4.34. The number of aliphatic carboxylic acids is 1. The fraction of sp³-hybridized carbons (Fsp3) is 0.929. The zero-order valence-electron chi connectivity index (χ0n) is 11.1. The highest BCUT2D eigenvalue weighted by atomic mass is 16.4. The number of rotatable bonds is 2.